The molecule has 1 fully saturated rings. The number of rotatable bonds is 5. The maximum atomic E-state index is 12.5. The molecule has 1 aromatic carbocycles. The fraction of sp³-hybridized carbons (Fsp3) is 0.389. The summed E-state index contributed by atoms with van der Waals surface area (Å²) in [5.41, 5.74) is 0.503. The van der Waals surface area contributed by atoms with E-state index in [1.807, 2.05) is 19.1 Å². The van der Waals surface area contributed by atoms with Gasteiger partial charge in [-0.05, 0) is 37.0 Å². The molecule has 25 heavy (non-hydrogen) atoms. The lowest BCUT2D eigenvalue weighted by Gasteiger charge is -2.12. The molecular formula is C18H21N3O4. The number of aromatic nitrogens is 2. The third-order valence-corrected chi connectivity index (χ3v) is 4.34. The van der Waals surface area contributed by atoms with Gasteiger partial charge in [-0.3, -0.25) is 14.2 Å². The molecule has 2 aromatic rings. The van der Waals surface area contributed by atoms with Crippen LogP contribution in [-0.4, -0.2) is 28.2 Å². The van der Waals surface area contributed by atoms with E-state index >= 15 is 0 Å². The first-order chi connectivity index (χ1) is 12.1. The average Bonchev–Trinajstić information content (AvgIpc) is 3.12. The van der Waals surface area contributed by atoms with Gasteiger partial charge in [0, 0.05) is 18.5 Å². The van der Waals surface area contributed by atoms with Crippen LogP contribution in [0.25, 0.3) is 0 Å². The molecule has 3 rings (SSSR count). The van der Waals surface area contributed by atoms with Crippen LogP contribution in [0.5, 0.6) is 0 Å². The summed E-state index contributed by atoms with van der Waals surface area (Å²) in [6, 6.07) is 7.40. The number of ether oxygens (including phenoxy) is 1. The van der Waals surface area contributed by atoms with Gasteiger partial charge in [-0.15, -0.1) is 0 Å². The molecular weight excluding hydrogens is 322 g/mol. The molecule has 0 aliphatic carbocycles. The number of amides is 1. The number of H-pyrrole nitrogens is 1. The molecule has 7 heteroatoms. The van der Waals surface area contributed by atoms with E-state index in [9.17, 15) is 14.4 Å². The fourth-order valence-corrected chi connectivity index (χ4v) is 2.85. The number of carbonyl (C=O) groups excluding carboxylic acids is 1. The maximum Gasteiger partial charge on any atom is 0.328 e. The number of nitrogens with zero attached hydrogens (tertiary/aromatic N) is 1. The summed E-state index contributed by atoms with van der Waals surface area (Å²) in [7, 11) is 0. The van der Waals surface area contributed by atoms with E-state index in [1.54, 1.807) is 12.1 Å². The van der Waals surface area contributed by atoms with Gasteiger partial charge >= 0.3 is 5.69 Å². The minimum atomic E-state index is -0.609. The number of anilines is 1. The summed E-state index contributed by atoms with van der Waals surface area (Å²) in [6.45, 7) is 2.83. The Balaban J connectivity index is 1.82. The lowest BCUT2D eigenvalue weighted by molar-refractivity contribution is 0.0941. The highest BCUT2D eigenvalue weighted by Gasteiger charge is 2.20. The number of benzene rings is 1. The Morgan fingerprint density at radius 3 is 2.72 bits per heavy atom. The van der Waals surface area contributed by atoms with E-state index in [0.717, 1.165) is 35.6 Å². The van der Waals surface area contributed by atoms with E-state index < -0.39 is 17.2 Å². The number of carbonyl (C=O) groups is 1. The van der Waals surface area contributed by atoms with Crippen LogP contribution in [0, 0.1) is 0 Å². The van der Waals surface area contributed by atoms with Gasteiger partial charge in [0.05, 0.1) is 12.6 Å². The Morgan fingerprint density at radius 2 is 2.08 bits per heavy atom. The van der Waals surface area contributed by atoms with Gasteiger partial charge in [0.2, 0.25) is 0 Å². The molecule has 2 N–H and O–H groups in total. The molecule has 0 radical (unpaired) electrons. The van der Waals surface area contributed by atoms with Crippen LogP contribution in [-0.2, 0) is 17.7 Å². The van der Waals surface area contributed by atoms with Crippen LogP contribution < -0.4 is 16.6 Å². The van der Waals surface area contributed by atoms with E-state index in [4.69, 9.17) is 4.74 Å². The van der Waals surface area contributed by atoms with Crippen molar-refractivity contribution in [3.63, 3.8) is 0 Å². The molecule has 1 aliphatic rings. The predicted octanol–water partition coefficient (Wildman–Crippen LogP) is 1.53. The van der Waals surface area contributed by atoms with Crippen molar-refractivity contribution < 1.29 is 9.53 Å². The Morgan fingerprint density at radius 1 is 1.32 bits per heavy atom. The third kappa shape index (κ3) is 3.88. The maximum absolute atomic E-state index is 12.5. The lowest BCUT2D eigenvalue weighted by Crippen LogP contribution is -2.41. The van der Waals surface area contributed by atoms with Crippen molar-refractivity contribution in [3.05, 3.63) is 62.4 Å². The molecule has 0 bridgehead atoms. The van der Waals surface area contributed by atoms with Crippen LogP contribution >= 0.6 is 0 Å². The van der Waals surface area contributed by atoms with E-state index in [0.29, 0.717) is 12.3 Å². The minimum Gasteiger partial charge on any atom is -0.376 e. The van der Waals surface area contributed by atoms with E-state index in [1.165, 1.54) is 0 Å². The number of aryl methyl sites for hydroxylation is 1. The lowest BCUT2D eigenvalue weighted by atomic mass is 10.1. The summed E-state index contributed by atoms with van der Waals surface area (Å²) < 4.78 is 6.50. The molecule has 1 saturated heterocycles. The number of hydrogen-bond acceptors (Lipinski definition) is 4. The van der Waals surface area contributed by atoms with Crippen molar-refractivity contribution in [1.29, 1.82) is 0 Å². The smallest absolute Gasteiger partial charge is 0.328 e. The second-order valence-electron chi connectivity index (χ2n) is 6.06. The molecule has 0 saturated carbocycles. The quantitative estimate of drug-likeness (QED) is 0.861. The summed E-state index contributed by atoms with van der Waals surface area (Å²) >= 11 is 0. The summed E-state index contributed by atoms with van der Waals surface area (Å²) in [5.74, 6) is -0.549. The highest BCUT2D eigenvalue weighted by molar-refractivity contribution is 6.03. The molecule has 1 aliphatic heterocycles. The van der Waals surface area contributed by atoms with Crippen molar-refractivity contribution in [2.45, 2.75) is 38.8 Å². The Bertz CT molecular complexity index is 861. The molecule has 132 valence electrons. The van der Waals surface area contributed by atoms with E-state index in [2.05, 4.69) is 10.3 Å². The molecule has 7 nitrogen and oxygen atoms in total. The van der Waals surface area contributed by atoms with Crippen LogP contribution in [0.1, 0.15) is 35.7 Å². The van der Waals surface area contributed by atoms with Gasteiger partial charge in [-0.25, -0.2) is 4.79 Å². The first-order valence-corrected chi connectivity index (χ1v) is 8.43. The first kappa shape index (κ1) is 17.2. The van der Waals surface area contributed by atoms with Crippen molar-refractivity contribution in [1.82, 2.24) is 9.55 Å². The van der Waals surface area contributed by atoms with Crippen molar-refractivity contribution >= 4 is 11.6 Å². The van der Waals surface area contributed by atoms with Crippen LogP contribution in [0.3, 0.4) is 0 Å². The normalized spacial score (nSPS) is 16.8. The number of hydrogen-bond donors (Lipinski definition) is 2. The van der Waals surface area contributed by atoms with Crippen molar-refractivity contribution in [2.24, 2.45) is 0 Å². The highest BCUT2D eigenvalue weighted by atomic mass is 16.5. The van der Waals surface area contributed by atoms with Gasteiger partial charge in [-0.2, -0.15) is 0 Å². The van der Waals surface area contributed by atoms with Gasteiger partial charge in [-0.1, -0.05) is 19.1 Å². The van der Waals surface area contributed by atoms with Crippen molar-refractivity contribution in [2.75, 3.05) is 11.9 Å². The molecule has 2 heterocycles. The Labute approximate surface area is 144 Å². The zero-order valence-corrected chi connectivity index (χ0v) is 14.1. The average molecular weight is 343 g/mol. The third-order valence-electron chi connectivity index (χ3n) is 4.34. The topological polar surface area (TPSA) is 93.2 Å². The van der Waals surface area contributed by atoms with Gasteiger partial charge < -0.3 is 15.0 Å². The largest absolute Gasteiger partial charge is 0.376 e. The molecule has 0 spiro atoms. The number of aromatic amines is 1. The SMILES string of the molecule is CCc1ccc(NC(=O)c2c[nH]c(=O)n(CC3CCCO3)c2=O)cc1. The Hall–Kier alpha value is -2.67. The number of nitrogens with one attached hydrogen (secondary N) is 2. The predicted molar refractivity (Wildman–Crippen MR) is 94.1 cm³/mol. The fourth-order valence-electron chi connectivity index (χ4n) is 2.85. The molecule has 1 amide bonds. The van der Waals surface area contributed by atoms with Gasteiger partial charge in [0.25, 0.3) is 11.5 Å². The molecule has 1 unspecified atom stereocenters. The van der Waals surface area contributed by atoms with Crippen LogP contribution in [0.2, 0.25) is 0 Å². The van der Waals surface area contributed by atoms with Gasteiger partial charge in [0.1, 0.15) is 5.56 Å². The van der Waals surface area contributed by atoms with Gasteiger partial charge in [0.15, 0.2) is 0 Å². The summed E-state index contributed by atoms with van der Waals surface area (Å²) in [5, 5.41) is 2.69. The second-order valence-corrected chi connectivity index (χ2v) is 6.06. The highest BCUT2D eigenvalue weighted by Crippen LogP contribution is 2.13. The first-order valence-electron chi connectivity index (χ1n) is 8.43. The van der Waals surface area contributed by atoms with Crippen LogP contribution in [0.4, 0.5) is 5.69 Å². The summed E-state index contributed by atoms with van der Waals surface area (Å²) in [4.78, 5) is 39.4. The molecule has 1 aromatic heterocycles. The second kappa shape index (κ2) is 7.48. The van der Waals surface area contributed by atoms with Crippen LogP contribution in [0.15, 0.2) is 40.1 Å². The summed E-state index contributed by atoms with van der Waals surface area (Å²) in [6.07, 6.45) is 3.60. The Kier molecular flexibility index (Phi) is 5.14. The minimum absolute atomic E-state index is 0.0998. The standard InChI is InChI=1S/C18H21N3O4/c1-2-12-5-7-13(8-6-12)20-16(22)15-10-19-18(24)21(17(15)23)11-14-4-3-9-25-14/h5-8,10,14H,2-4,9,11H2,1H3,(H,19,24)(H,20,22). The zero-order valence-electron chi connectivity index (χ0n) is 14.1. The van der Waals surface area contributed by atoms with Crippen molar-refractivity contribution in [3.8, 4) is 0 Å². The molecule has 1 atom stereocenters. The zero-order chi connectivity index (χ0) is 17.8. The monoisotopic (exact) mass is 343 g/mol. The van der Waals surface area contributed by atoms with E-state index in [-0.39, 0.29) is 18.2 Å².